The van der Waals surface area contributed by atoms with Gasteiger partial charge in [0.2, 0.25) is 0 Å². The molecule has 0 saturated heterocycles. The van der Waals surface area contributed by atoms with Crippen molar-refractivity contribution >= 4 is 32.9 Å². The average molecular weight is 256 g/mol. The number of carbonyl (C=O) groups is 1. The third-order valence-corrected chi connectivity index (χ3v) is 2.43. The van der Waals surface area contributed by atoms with Gasteiger partial charge < -0.3 is 5.11 Å². The van der Waals surface area contributed by atoms with E-state index in [9.17, 15) is 4.79 Å². The van der Waals surface area contributed by atoms with Crippen LogP contribution in [-0.2, 0) is 7.05 Å². The largest absolute Gasteiger partial charge is 0.478 e. The first-order chi connectivity index (χ1) is 6.59. The molecule has 0 aliphatic carbocycles. The van der Waals surface area contributed by atoms with Crippen molar-refractivity contribution < 1.29 is 9.90 Å². The van der Waals surface area contributed by atoms with Crippen LogP contribution < -0.4 is 0 Å². The molecule has 0 atom stereocenters. The molecule has 0 aromatic carbocycles. The van der Waals surface area contributed by atoms with Gasteiger partial charge in [0.15, 0.2) is 4.60 Å². The van der Waals surface area contributed by atoms with Gasteiger partial charge in [-0.1, -0.05) is 0 Å². The first-order valence-corrected chi connectivity index (χ1v) is 4.60. The number of aromatic carboxylic acids is 1. The van der Waals surface area contributed by atoms with Gasteiger partial charge in [-0.25, -0.2) is 4.79 Å². The average Bonchev–Trinajstić information content (AvgIpc) is 2.42. The number of hydrogen-bond donors (Lipinski definition) is 1. The van der Waals surface area contributed by atoms with Crippen molar-refractivity contribution in [1.29, 1.82) is 0 Å². The summed E-state index contributed by atoms with van der Waals surface area (Å²) in [6.45, 7) is 0. The highest BCUT2D eigenvalue weighted by molar-refractivity contribution is 9.10. The first kappa shape index (κ1) is 9.14. The van der Waals surface area contributed by atoms with Crippen LogP contribution in [0.3, 0.4) is 0 Å². The molecule has 1 N–H and O–H groups in total. The third-order valence-electron chi connectivity index (χ3n) is 1.90. The molecule has 0 aliphatic rings. The molecule has 0 fully saturated rings. The number of carboxylic acids is 1. The molecule has 0 spiro atoms. The summed E-state index contributed by atoms with van der Waals surface area (Å²) < 4.78 is 2.20. The number of pyridine rings is 1. The maximum absolute atomic E-state index is 10.7. The number of nitrogens with zero attached hydrogens (tertiary/aromatic N) is 3. The minimum atomic E-state index is -0.989. The number of fused-ring (bicyclic) bond motifs is 1. The number of aromatic nitrogens is 3. The smallest absolute Gasteiger partial charge is 0.337 e. The molecular weight excluding hydrogens is 250 g/mol. The van der Waals surface area contributed by atoms with Crippen LogP contribution in [0.5, 0.6) is 0 Å². The first-order valence-electron chi connectivity index (χ1n) is 3.81. The molecule has 0 saturated carbocycles. The van der Waals surface area contributed by atoms with Crippen LogP contribution in [0.1, 0.15) is 10.4 Å². The van der Waals surface area contributed by atoms with Crippen molar-refractivity contribution in [3.63, 3.8) is 0 Å². The second-order valence-corrected chi connectivity index (χ2v) is 3.56. The fourth-order valence-electron chi connectivity index (χ4n) is 1.21. The molecule has 14 heavy (non-hydrogen) atoms. The lowest BCUT2D eigenvalue weighted by Gasteiger charge is -1.95. The Morgan fingerprint density at radius 2 is 2.36 bits per heavy atom. The number of halogens is 1. The van der Waals surface area contributed by atoms with Crippen LogP contribution in [0.4, 0.5) is 0 Å². The van der Waals surface area contributed by atoms with Crippen molar-refractivity contribution in [2.75, 3.05) is 0 Å². The number of aryl methyl sites for hydroxylation is 1. The van der Waals surface area contributed by atoms with E-state index in [1.807, 2.05) is 0 Å². The van der Waals surface area contributed by atoms with Gasteiger partial charge in [0.1, 0.15) is 5.52 Å². The summed E-state index contributed by atoms with van der Waals surface area (Å²) in [7, 11) is 1.74. The quantitative estimate of drug-likeness (QED) is 0.837. The zero-order valence-electron chi connectivity index (χ0n) is 7.23. The maximum atomic E-state index is 10.7. The Bertz CT molecular complexity index is 521. The predicted molar refractivity (Wildman–Crippen MR) is 53.2 cm³/mol. The van der Waals surface area contributed by atoms with Gasteiger partial charge in [0.05, 0.1) is 11.1 Å². The maximum Gasteiger partial charge on any atom is 0.337 e. The van der Waals surface area contributed by atoms with Crippen LogP contribution in [0.15, 0.2) is 16.9 Å². The van der Waals surface area contributed by atoms with Gasteiger partial charge in [-0.2, -0.15) is 5.10 Å². The summed E-state index contributed by atoms with van der Waals surface area (Å²) in [6.07, 6.45) is 1.32. The van der Waals surface area contributed by atoms with E-state index in [4.69, 9.17) is 5.11 Å². The highest BCUT2D eigenvalue weighted by atomic mass is 79.9. The van der Waals surface area contributed by atoms with E-state index in [-0.39, 0.29) is 5.56 Å². The molecule has 2 aromatic rings. The van der Waals surface area contributed by atoms with E-state index >= 15 is 0 Å². The molecule has 0 aliphatic heterocycles. The van der Waals surface area contributed by atoms with Gasteiger partial charge in [0.25, 0.3) is 0 Å². The zero-order chi connectivity index (χ0) is 10.3. The minimum Gasteiger partial charge on any atom is -0.478 e. The molecule has 0 unspecified atom stereocenters. The fourth-order valence-corrected chi connectivity index (χ4v) is 1.75. The summed E-state index contributed by atoms with van der Waals surface area (Å²) in [5.74, 6) is -0.989. The summed E-state index contributed by atoms with van der Waals surface area (Å²) >= 11 is 3.24. The van der Waals surface area contributed by atoms with Crippen molar-refractivity contribution in [2.24, 2.45) is 7.05 Å². The number of rotatable bonds is 1. The molecule has 2 rings (SSSR count). The Morgan fingerprint density at radius 1 is 1.64 bits per heavy atom. The van der Waals surface area contributed by atoms with E-state index in [1.54, 1.807) is 17.8 Å². The molecule has 0 amide bonds. The van der Waals surface area contributed by atoms with Crippen LogP contribution in [0, 0.1) is 0 Å². The van der Waals surface area contributed by atoms with Gasteiger partial charge in [-0.05, 0) is 22.0 Å². The van der Waals surface area contributed by atoms with E-state index < -0.39 is 5.97 Å². The molecule has 6 heteroatoms. The highest BCUT2D eigenvalue weighted by Crippen LogP contribution is 2.20. The standard InChI is InChI=1S/C8H6BrN3O2/c1-12-5-2-4(8(13)14)3-10-6(5)7(9)11-12/h2-3H,1H3,(H,13,14). The molecule has 5 nitrogen and oxygen atoms in total. The van der Waals surface area contributed by atoms with Crippen molar-refractivity contribution in [3.8, 4) is 0 Å². The molecular formula is C8H6BrN3O2. The predicted octanol–water partition coefficient (Wildman–Crippen LogP) is 1.43. The Balaban J connectivity index is 2.77. The second kappa shape index (κ2) is 3.06. The molecule has 72 valence electrons. The Kier molecular flexibility index (Phi) is 1.99. The molecule has 2 aromatic heterocycles. The van der Waals surface area contributed by atoms with Gasteiger partial charge in [-0.15, -0.1) is 0 Å². The zero-order valence-corrected chi connectivity index (χ0v) is 8.82. The van der Waals surface area contributed by atoms with Crippen LogP contribution in [0.25, 0.3) is 11.0 Å². The Hall–Kier alpha value is -1.43. The van der Waals surface area contributed by atoms with Crippen LogP contribution in [-0.4, -0.2) is 25.8 Å². The topological polar surface area (TPSA) is 68.0 Å². The van der Waals surface area contributed by atoms with Gasteiger partial charge in [-0.3, -0.25) is 9.67 Å². The van der Waals surface area contributed by atoms with Crippen LogP contribution in [0.2, 0.25) is 0 Å². The third kappa shape index (κ3) is 1.27. The van der Waals surface area contributed by atoms with E-state index in [0.29, 0.717) is 15.6 Å². The minimum absolute atomic E-state index is 0.160. The summed E-state index contributed by atoms with van der Waals surface area (Å²) in [6, 6.07) is 1.54. The van der Waals surface area contributed by atoms with E-state index in [1.165, 1.54) is 6.20 Å². The second-order valence-electron chi connectivity index (χ2n) is 2.81. The van der Waals surface area contributed by atoms with Crippen molar-refractivity contribution in [3.05, 3.63) is 22.4 Å². The Morgan fingerprint density at radius 3 is 3.00 bits per heavy atom. The summed E-state index contributed by atoms with van der Waals surface area (Å²) in [5.41, 5.74) is 1.52. The number of hydrogen-bond acceptors (Lipinski definition) is 3. The number of carboxylic acid groups (broad SMARTS) is 1. The summed E-state index contributed by atoms with van der Waals surface area (Å²) in [5, 5.41) is 12.8. The highest BCUT2D eigenvalue weighted by Gasteiger charge is 2.10. The summed E-state index contributed by atoms with van der Waals surface area (Å²) in [4.78, 5) is 14.7. The molecule has 0 bridgehead atoms. The molecule has 0 radical (unpaired) electrons. The SMILES string of the molecule is Cn1nc(Br)c2ncc(C(=O)O)cc21. The van der Waals surface area contributed by atoms with Crippen LogP contribution >= 0.6 is 15.9 Å². The van der Waals surface area contributed by atoms with Crippen molar-refractivity contribution in [2.45, 2.75) is 0 Å². The van der Waals surface area contributed by atoms with Crippen molar-refractivity contribution in [1.82, 2.24) is 14.8 Å². The fraction of sp³-hybridized carbons (Fsp3) is 0.125. The van der Waals surface area contributed by atoms with E-state index in [0.717, 1.165) is 0 Å². The van der Waals surface area contributed by atoms with Gasteiger partial charge in [0, 0.05) is 13.2 Å². The van der Waals surface area contributed by atoms with Gasteiger partial charge >= 0.3 is 5.97 Å². The lowest BCUT2D eigenvalue weighted by atomic mass is 10.2. The van der Waals surface area contributed by atoms with E-state index in [2.05, 4.69) is 26.0 Å². The lowest BCUT2D eigenvalue weighted by molar-refractivity contribution is 0.0696. The normalized spacial score (nSPS) is 10.7. The monoisotopic (exact) mass is 255 g/mol. The lowest BCUT2D eigenvalue weighted by Crippen LogP contribution is -1.98. The Labute approximate surface area is 87.5 Å². The molecule has 2 heterocycles.